The van der Waals surface area contributed by atoms with Gasteiger partial charge in [0.2, 0.25) is 0 Å². The molecule has 3 N–H and O–H groups in total. The fourth-order valence-electron chi connectivity index (χ4n) is 4.29. The lowest BCUT2D eigenvalue weighted by molar-refractivity contribution is 0.162. The molecular formula is C21H35IN4. The molecule has 0 bridgehead atoms. The standard InChI is InChI=1S/C21H34N4.HI/c1-16(2)14-25-12-6-7-17(15-25)13-23-21(22)24-20-11-5-9-18-8-3-4-10-19(18)20;/h5,9,11,16-17H,3-4,6-8,10,12-15H2,1-2H3,(H3,22,23,24);1H. The third-order valence-corrected chi connectivity index (χ3v) is 5.40. The van der Waals surface area contributed by atoms with Crippen molar-refractivity contribution in [3.05, 3.63) is 29.3 Å². The number of halogens is 1. The predicted molar refractivity (Wildman–Crippen MR) is 123 cm³/mol. The van der Waals surface area contributed by atoms with Crippen molar-refractivity contribution in [1.29, 1.82) is 0 Å². The number of benzene rings is 1. The maximum Gasteiger partial charge on any atom is 0.193 e. The second kappa shape index (κ2) is 10.5. The van der Waals surface area contributed by atoms with Crippen LogP contribution in [0.2, 0.25) is 0 Å². The van der Waals surface area contributed by atoms with E-state index in [4.69, 9.17) is 5.73 Å². The van der Waals surface area contributed by atoms with Gasteiger partial charge in [-0.2, -0.15) is 0 Å². The van der Waals surface area contributed by atoms with Crippen molar-refractivity contribution in [3.8, 4) is 0 Å². The second-order valence-corrected chi connectivity index (χ2v) is 8.16. The Bertz CT molecular complexity index is 600. The molecule has 1 aliphatic carbocycles. The monoisotopic (exact) mass is 470 g/mol. The average molecular weight is 470 g/mol. The second-order valence-electron chi connectivity index (χ2n) is 8.16. The van der Waals surface area contributed by atoms with Gasteiger partial charge in [0.1, 0.15) is 0 Å². The number of nitrogens with two attached hydrogens (primary N) is 1. The zero-order valence-corrected chi connectivity index (χ0v) is 18.7. The van der Waals surface area contributed by atoms with E-state index in [2.05, 4.69) is 47.3 Å². The first-order valence-corrected chi connectivity index (χ1v) is 10.0. The van der Waals surface area contributed by atoms with Crippen LogP contribution in [0.1, 0.15) is 50.7 Å². The van der Waals surface area contributed by atoms with E-state index < -0.39 is 0 Å². The largest absolute Gasteiger partial charge is 0.370 e. The molecule has 0 amide bonds. The number of nitrogens with zero attached hydrogens (tertiary/aromatic N) is 2. The molecule has 1 unspecified atom stereocenters. The molecule has 2 aliphatic rings. The number of rotatable bonds is 5. The van der Waals surface area contributed by atoms with Gasteiger partial charge in [0.15, 0.2) is 5.96 Å². The molecule has 1 saturated heterocycles. The molecule has 1 aromatic rings. The highest BCUT2D eigenvalue weighted by atomic mass is 127. The summed E-state index contributed by atoms with van der Waals surface area (Å²) in [6.07, 6.45) is 7.47. The van der Waals surface area contributed by atoms with E-state index in [0.29, 0.717) is 11.9 Å². The summed E-state index contributed by atoms with van der Waals surface area (Å²) in [5.74, 6) is 1.94. The number of nitrogens with one attached hydrogen (secondary N) is 1. The van der Waals surface area contributed by atoms with E-state index in [1.54, 1.807) is 0 Å². The van der Waals surface area contributed by atoms with E-state index in [1.165, 1.54) is 56.3 Å². The molecule has 1 aliphatic heterocycles. The van der Waals surface area contributed by atoms with Gasteiger partial charge in [0, 0.05) is 25.3 Å². The van der Waals surface area contributed by atoms with Crippen LogP contribution in [0.25, 0.3) is 0 Å². The zero-order valence-electron chi connectivity index (χ0n) is 16.3. The predicted octanol–water partition coefficient (Wildman–Crippen LogP) is 4.28. The van der Waals surface area contributed by atoms with Crippen LogP contribution >= 0.6 is 24.0 Å². The Hall–Kier alpha value is -0.820. The number of hydrogen-bond acceptors (Lipinski definition) is 2. The number of aryl methyl sites for hydroxylation is 1. The Morgan fingerprint density at radius 1 is 1.27 bits per heavy atom. The highest BCUT2D eigenvalue weighted by Gasteiger charge is 2.20. The highest BCUT2D eigenvalue weighted by molar-refractivity contribution is 14.0. The van der Waals surface area contributed by atoms with Gasteiger partial charge in [-0.05, 0) is 74.1 Å². The molecule has 1 fully saturated rings. The number of guanidine groups is 1. The molecule has 5 heteroatoms. The van der Waals surface area contributed by atoms with Crippen LogP contribution in [0.5, 0.6) is 0 Å². The van der Waals surface area contributed by atoms with Crippen LogP contribution in [0.3, 0.4) is 0 Å². The van der Waals surface area contributed by atoms with Crippen molar-refractivity contribution in [1.82, 2.24) is 4.90 Å². The molecule has 0 saturated carbocycles. The number of piperidine rings is 1. The van der Waals surface area contributed by atoms with Gasteiger partial charge in [-0.1, -0.05) is 26.0 Å². The van der Waals surface area contributed by atoms with E-state index in [-0.39, 0.29) is 24.0 Å². The summed E-state index contributed by atoms with van der Waals surface area (Å²) in [7, 11) is 0. The van der Waals surface area contributed by atoms with E-state index in [9.17, 15) is 0 Å². The first-order chi connectivity index (χ1) is 12.1. The zero-order chi connectivity index (χ0) is 17.6. The smallest absolute Gasteiger partial charge is 0.193 e. The summed E-state index contributed by atoms with van der Waals surface area (Å²) in [5.41, 5.74) is 10.3. The Morgan fingerprint density at radius 3 is 2.88 bits per heavy atom. The maximum absolute atomic E-state index is 6.20. The first kappa shape index (κ1) is 21.5. The quantitative estimate of drug-likeness (QED) is 0.384. The molecule has 3 rings (SSSR count). The van der Waals surface area contributed by atoms with Crippen molar-refractivity contribution in [3.63, 3.8) is 0 Å². The Labute approximate surface area is 176 Å². The van der Waals surface area contributed by atoms with E-state index >= 15 is 0 Å². The van der Waals surface area contributed by atoms with Crippen molar-refractivity contribution in [2.75, 3.05) is 31.5 Å². The van der Waals surface area contributed by atoms with Gasteiger partial charge < -0.3 is 16.0 Å². The molecule has 0 aromatic heterocycles. The first-order valence-electron chi connectivity index (χ1n) is 10.0. The Balaban J connectivity index is 0.00000243. The molecule has 0 spiro atoms. The normalized spacial score (nSPS) is 21.2. The topological polar surface area (TPSA) is 53.6 Å². The van der Waals surface area contributed by atoms with Gasteiger partial charge in [0.25, 0.3) is 0 Å². The van der Waals surface area contributed by atoms with E-state index in [1.807, 2.05) is 0 Å². The Morgan fingerprint density at radius 2 is 2.08 bits per heavy atom. The summed E-state index contributed by atoms with van der Waals surface area (Å²) < 4.78 is 0. The number of hydrogen-bond donors (Lipinski definition) is 2. The fourth-order valence-corrected chi connectivity index (χ4v) is 4.29. The minimum atomic E-state index is 0. The van der Waals surface area contributed by atoms with Gasteiger partial charge in [-0.15, -0.1) is 24.0 Å². The molecular weight excluding hydrogens is 435 g/mol. The molecule has 146 valence electrons. The van der Waals surface area contributed by atoms with Crippen LogP contribution in [0, 0.1) is 11.8 Å². The molecule has 1 aromatic carbocycles. The average Bonchev–Trinajstić information content (AvgIpc) is 2.60. The summed E-state index contributed by atoms with van der Waals surface area (Å²) in [5, 5.41) is 3.37. The van der Waals surface area contributed by atoms with Gasteiger partial charge >= 0.3 is 0 Å². The SMILES string of the molecule is CC(C)CN1CCCC(CN=C(N)Nc2cccc3c2CCCC3)C1.I. The summed E-state index contributed by atoms with van der Waals surface area (Å²) >= 11 is 0. The third kappa shape index (κ3) is 6.12. The van der Waals surface area contributed by atoms with Crippen molar-refractivity contribution < 1.29 is 0 Å². The van der Waals surface area contributed by atoms with Crippen LogP contribution in [-0.2, 0) is 12.8 Å². The molecule has 1 heterocycles. The minimum Gasteiger partial charge on any atom is -0.370 e. The lowest BCUT2D eigenvalue weighted by Crippen LogP contribution is -2.39. The van der Waals surface area contributed by atoms with Gasteiger partial charge in [-0.3, -0.25) is 4.99 Å². The van der Waals surface area contributed by atoms with Crippen LogP contribution in [0.4, 0.5) is 5.69 Å². The molecule has 4 nitrogen and oxygen atoms in total. The van der Waals surface area contributed by atoms with Crippen LogP contribution in [-0.4, -0.2) is 37.0 Å². The Kier molecular flexibility index (Phi) is 8.67. The van der Waals surface area contributed by atoms with E-state index in [0.717, 1.165) is 31.1 Å². The lowest BCUT2D eigenvalue weighted by Gasteiger charge is -2.33. The van der Waals surface area contributed by atoms with Crippen LogP contribution in [0.15, 0.2) is 23.2 Å². The number of fused-ring (bicyclic) bond motifs is 1. The summed E-state index contributed by atoms with van der Waals surface area (Å²) in [4.78, 5) is 7.25. The van der Waals surface area contributed by atoms with Crippen molar-refractivity contribution in [2.24, 2.45) is 22.6 Å². The fraction of sp³-hybridized carbons (Fsp3) is 0.667. The highest BCUT2D eigenvalue weighted by Crippen LogP contribution is 2.27. The van der Waals surface area contributed by atoms with Gasteiger partial charge in [-0.25, -0.2) is 0 Å². The number of aliphatic imine (C=N–C) groups is 1. The number of likely N-dealkylation sites (tertiary alicyclic amines) is 1. The van der Waals surface area contributed by atoms with Crippen molar-refractivity contribution >= 4 is 35.6 Å². The minimum absolute atomic E-state index is 0. The van der Waals surface area contributed by atoms with Crippen LogP contribution < -0.4 is 11.1 Å². The summed E-state index contributed by atoms with van der Waals surface area (Å²) in [6, 6.07) is 6.51. The maximum atomic E-state index is 6.20. The number of anilines is 1. The third-order valence-electron chi connectivity index (χ3n) is 5.40. The van der Waals surface area contributed by atoms with Gasteiger partial charge in [0.05, 0.1) is 0 Å². The summed E-state index contributed by atoms with van der Waals surface area (Å²) in [6.45, 7) is 9.03. The van der Waals surface area contributed by atoms with Crippen molar-refractivity contribution in [2.45, 2.75) is 52.4 Å². The lowest BCUT2D eigenvalue weighted by atomic mass is 9.90. The molecule has 1 atom stereocenters. The molecule has 0 radical (unpaired) electrons. The molecule has 26 heavy (non-hydrogen) atoms.